The van der Waals surface area contributed by atoms with Crippen molar-refractivity contribution in [2.75, 3.05) is 13.1 Å². The second-order valence-corrected chi connectivity index (χ2v) is 16.6. The topological polar surface area (TPSA) is 4.44 Å². The summed E-state index contributed by atoms with van der Waals surface area (Å²) in [5.74, 6) is -69.9. The number of hydrogen-bond acceptors (Lipinski definition) is 0. The van der Waals surface area contributed by atoms with E-state index in [9.17, 15) is 52.7 Å². The van der Waals surface area contributed by atoms with Crippen LogP contribution in [0.25, 0.3) is 0 Å². The number of nitrogens with one attached hydrogen (secondary N) is 1. The minimum atomic E-state index is -7.22. The van der Waals surface area contributed by atoms with E-state index in [0.717, 1.165) is 11.8 Å². The average molecular weight is 984 g/mol. The fraction of sp³-hybridized carbons (Fsp3) is 0.333. The molecule has 22 heteroatoms. The molecular formula is C45H38BF20N. The highest BCUT2D eigenvalue weighted by Crippen LogP contribution is 2.31. The van der Waals surface area contributed by atoms with Crippen LogP contribution in [0.3, 0.4) is 0 Å². The van der Waals surface area contributed by atoms with E-state index in [-0.39, 0.29) is 0 Å². The maximum absolute atomic E-state index is 15.4. The molecule has 0 bridgehead atoms. The lowest BCUT2D eigenvalue weighted by atomic mass is 9.12. The molecule has 1 N–H and O–H groups in total. The summed E-state index contributed by atoms with van der Waals surface area (Å²) in [4.78, 5) is 1.74. The van der Waals surface area contributed by atoms with E-state index >= 15 is 35.1 Å². The summed E-state index contributed by atoms with van der Waals surface area (Å²) in [6.45, 7) is 17.7. The Hall–Kier alpha value is -5.28. The lowest BCUT2D eigenvalue weighted by Crippen LogP contribution is -3.11. The van der Waals surface area contributed by atoms with Crippen LogP contribution in [0, 0.1) is 128 Å². The summed E-state index contributed by atoms with van der Waals surface area (Å²) in [6.07, 6.45) is -2.30. The summed E-state index contributed by atoms with van der Waals surface area (Å²) >= 11 is 0. The molecule has 0 aromatic heterocycles. The lowest BCUT2D eigenvalue weighted by molar-refractivity contribution is -0.919. The third-order valence-corrected chi connectivity index (χ3v) is 10.7. The SMILES string of the molecule is CCCc1cc(CCC)cc(C[NH+](CC(C)C)CC(C)C)c1.Fc1c(F)c(F)c([B-](c2c(F)c(F)c(F)c(F)c2F)(c2c(F)c(F)c(F)c(F)c2F)c2c(F)c(F)c(F)c(F)c2F)c(F)c1F. The fourth-order valence-corrected chi connectivity index (χ4v) is 8.35. The highest BCUT2D eigenvalue weighted by molar-refractivity contribution is 7.20. The van der Waals surface area contributed by atoms with E-state index in [1.165, 1.54) is 56.4 Å². The van der Waals surface area contributed by atoms with Crippen molar-refractivity contribution in [3.05, 3.63) is 151 Å². The zero-order valence-electron chi connectivity index (χ0n) is 36.0. The third-order valence-electron chi connectivity index (χ3n) is 10.7. The monoisotopic (exact) mass is 983 g/mol. The van der Waals surface area contributed by atoms with Crippen LogP contribution in [-0.2, 0) is 19.4 Å². The van der Waals surface area contributed by atoms with Crippen molar-refractivity contribution in [3.8, 4) is 0 Å². The first kappa shape index (κ1) is 54.3. The Balaban J connectivity index is 0.000000374. The van der Waals surface area contributed by atoms with Gasteiger partial charge in [0.05, 0.1) is 13.1 Å². The first-order valence-corrected chi connectivity index (χ1v) is 20.3. The molecule has 0 saturated carbocycles. The van der Waals surface area contributed by atoms with Crippen LogP contribution < -0.4 is 26.8 Å². The zero-order valence-corrected chi connectivity index (χ0v) is 36.0. The van der Waals surface area contributed by atoms with E-state index in [4.69, 9.17) is 0 Å². The van der Waals surface area contributed by atoms with Gasteiger partial charge in [0.1, 0.15) is 59.2 Å². The molecule has 0 aliphatic carbocycles. The van der Waals surface area contributed by atoms with Crippen LogP contribution in [-0.4, -0.2) is 19.2 Å². The largest absolute Gasteiger partial charge is 0.331 e. The number of hydrogen-bond donors (Lipinski definition) is 1. The number of aryl methyl sites for hydroxylation is 2. The molecular weight excluding hydrogens is 945 g/mol. The molecule has 67 heavy (non-hydrogen) atoms. The van der Waals surface area contributed by atoms with Crippen molar-refractivity contribution in [2.24, 2.45) is 11.8 Å². The van der Waals surface area contributed by atoms with Crippen LogP contribution in [0.2, 0.25) is 0 Å². The standard InChI is InChI=1S/C24BF20.C21H37N/c26-5-1(6(27)14(35)21(42)13(5)34)25(2-7(28)15(36)22(43)16(37)8(2)29,3-9(30)17(38)23(44)18(39)10(3)31)4-11(32)19(40)24(45)20(41)12(4)33;1-7-9-19-11-20(10-8-2)13-21(12-19)16-22(14-17(3)4)15-18(5)6/h;11-13,17-18H,7-10,14-16H2,1-6H3/q-1;/p+1. The minimum absolute atomic E-state index is 0.766. The number of quaternary nitrogens is 1. The maximum Gasteiger partial charge on any atom is 0.200 e. The average Bonchev–Trinajstić information content (AvgIpc) is 3.26. The van der Waals surface area contributed by atoms with Gasteiger partial charge in [-0.25, -0.2) is 87.8 Å². The van der Waals surface area contributed by atoms with Gasteiger partial charge in [-0.05, 0) is 24.0 Å². The smallest absolute Gasteiger partial charge is 0.200 e. The predicted octanol–water partition coefficient (Wildman–Crippen LogP) is 10.1. The van der Waals surface area contributed by atoms with Crippen LogP contribution in [0.1, 0.15) is 71.1 Å². The highest BCUT2D eigenvalue weighted by atomic mass is 19.2. The minimum Gasteiger partial charge on any atom is -0.331 e. The molecule has 0 atom stereocenters. The molecule has 0 radical (unpaired) electrons. The second-order valence-electron chi connectivity index (χ2n) is 16.6. The van der Waals surface area contributed by atoms with Crippen molar-refractivity contribution in [1.29, 1.82) is 0 Å². The lowest BCUT2D eigenvalue weighted by Gasteiger charge is -2.44. The fourth-order valence-electron chi connectivity index (χ4n) is 8.35. The van der Waals surface area contributed by atoms with Gasteiger partial charge in [0.25, 0.3) is 0 Å². The molecule has 0 heterocycles. The van der Waals surface area contributed by atoms with Crippen LogP contribution >= 0.6 is 0 Å². The second kappa shape index (κ2) is 21.4. The molecule has 0 spiro atoms. The summed E-state index contributed by atoms with van der Waals surface area (Å²) in [5.41, 5.74) is -9.71. The highest BCUT2D eigenvalue weighted by Gasteiger charge is 2.52. The molecule has 0 aliphatic heterocycles. The first-order valence-electron chi connectivity index (χ1n) is 20.3. The molecule has 0 aliphatic rings. The number of rotatable bonds is 14. The summed E-state index contributed by atoms with van der Waals surface area (Å²) in [5, 5.41) is 0. The third kappa shape index (κ3) is 10.00. The molecule has 1 nitrogen and oxygen atoms in total. The Bertz CT molecular complexity index is 2250. The van der Waals surface area contributed by atoms with Gasteiger partial charge in [-0.1, -0.05) is 72.6 Å². The van der Waals surface area contributed by atoms with Gasteiger partial charge in [-0.2, -0.15) is 0 Å². The van der Waals surface area contributed by atoms with Crippen molar-refractivity contribution in [1.82, 2.24) is 0 Å². The van der Waals surface area contributed by atoms with E-state index in [2.05, 4.69) is 59.7 Å². The molecule has 366 valence electrons. The molecule has 0 unspecified atom stereocenters. The Kier molecular flexibility index (Phi) is 17.3. The molecule has 0 saturated heterocycles. The van der Waals surface area contributed by atoms with Gasteiger partial charge in [-0.15, -0.1) is 21.9 Å². The Morgan fingerprint density at radius 3 is 0.716 bits per heavy atom. The predicted molar refractivity (Wildman–Crippen MR) is 208 cm³/mol. The molecule has 5 aromatic carbocycles. The normalized spacial score (nSPS) is 12.0. The van der Waals surface area contributed by atoms with Gasteiger partial charge < -0.3 is 4.90 Å². The van der Waals surface area contributed by atoms with Crippen molar-refractivity contribution >= 4 is 28.0 Å². The molecule has 0 fully saturated rings. The Morgan fingerprint density at radius 1 is 0.328 bits per heavy atom. The molecule has 5 aromatic rings. The summed E-state index contributed by atoms with van der Waals surface area (Å²) in [7, 11) is 0. The summed E-state index contributed by atoms with van der Waals surface area (Å²) in [6, 6.07) is 7.35. The zero-order chi connectivity index (χ0) is 50.9. The molecule has 5 rings (SSSR count). The van der Waals surface area contributed by atoms with Gasteiger partial charge >= 0.3 is 0 Å². The van der Waals surface area contributed by atoms with Gasteiger partial charge in [0.15, 0.2) is 69.8 Å². The van der Waals surface area contributed by atoms with Crippen molar-refractivity contribution in [2.45, 2.75) is 73.8 Å². The van der Waals surface area contributed by atoms with Crippen molar-refractivity contribution < 1.29 is 92.7 Å². The Labute approximate surface area is 370 Å². The van der Waals surface area contributed by atoms with E-state index in [1.807, 2.05) is 0 Å². The van der Waals surface area contributed by atoms with Gasteiger partial charge in [0.2, 0.25) is 0 Å². The van der Waals surface area contributed by atoms with Crippen LogP contribution in [0.5, 0.6) is 0 Å². The number of halogens is 20. The van der Waals surface area contributed by atoms with Gasteiger partial charge in [-0.3, -0.25) is 0 Å². The van der Waals surface area contributed by atoms with Crippen molar-refractivity contribution in [3.63, 3.8) is 0 Å². The Morgan fingerprint density at radius 2 is 0.522 bits per heavy atom. The van der Waals surface area contributed by atoms with E-state index < -0.39 is 144 Å². The quantitative estimate of drug-likeness (QED) is 0.0490. The molecule has 0 amide bonds. The first-order chi connectivity index (χ1) is 31.1. The summed E-state index contributed by atoms with van der Waals surface area (Å²) < 4.78 is 294. The van der Waals surface area contributed by atoms with Gasteiger partial charge in [0, 0.05) is 17.4 Å². The number of benzene rings is 5. The van der Waals surface area contributed by atoms with Crippen LogP contribution in [0.4, 0.5) is 87.8 Å². The van der Waals surface area contributed by atoms with E-state index in [0.29, 0.717) is 0 Å². The van der Waals surface area contributed by atoms with E-state index in [1.54, 1.807) is 10.5 Å². The van der Waals surface area contributed by atoms with Crippen LogP contribution in [0.15, 0.2) is 18.2 Å². The maximum atomic E-state index is 15.4.